The highest BCUT2D eigenvalue weighted by atomic mass is 32.2. The van der Waals surface area contributed by atoms with Gasteiger partial charge in [-0.3, -0.25) is 10.2 Å². The summed E-state index contributed by atoms with van der Waals surface area (Å²) in [4.78, 5) is 12.9. The van der Waals surface area contributed by atoms with Gasteiger partial charge < -0.3 is 4.57 Å². The van der Waals surface area contributed by atoms with Crippen molar-refractivity contribution < 1.29 is 9.42 Å². The van der Waals surface area contributed by atoms with Gasteiger partial charge in [0.1, 0.15) is 0 Å². The van der Waals surface area contributed by atoms with E-state index in [1.54, 1.807) is 17.0 Å². The third-order valence-corrected chi connectivity index (χ3v) is 3.15. The van der Waals surface area contributed by atoms with E-state index in [0.29, 0.717) is 5.82 Å². The Kier molecular flexibility index (Phi) is 2.22. The maximum Gasteiger partial charge on any atom is 0.245 e. The minimum atomic E-state index is -0.191. The number of thioether (sulfide) groups is 1. The van der Waals surface area contributed by atoms with Crippen molar-refractivity contribution in [2.75, 3.05) is 10.7 Å². The Labute approximate surface area is 99.9 Å². The molecule has 1 saturated heterocycles. The minimum Gasteiger partial charge on any atom is -0.303 e. The summed E-state index contributed by atoms with van der Waals surface area (Å²) in [7, 11) is 0. The van der Waals surface area contributed by atoms with Crippen LogP contribution in [0.5, 0.6) is 0 Å². The molecule has 1 aliphatic heterocycles. The van der Waals surface area contributed by atoms with Crippen LogP contribution in [0.15, 0.2) is 29.2 Å². The zero-order valence-corrected chi connectivity index (χ0v) is 9.35. The third-order valence-electron chi connectivity index (χ3n) is 2.30. The van der Waals surface area contributed by atoms with E-state index in [-0.39, 0.29) is 22.6 Å². The van der Waals surface area contributed by atoms with Crippen molar-refractivity contribution >= 4 is 28.7 Å². The molecular weight excluding hydrogens is 242 g/mol. The molecule has 8 heteroatoms. The van der Waals surface area contributed by atoms with E-state index in [9.17, 15) is 4.79 Å². The second-order valence-corrected chi connectivity index (χ2v) is 4.29. The van der Waals surface area contributed by atoms with Crippen LogP contribution < -0.4 is 4.90 Å². The summed E-state index contributed by atoms with van der Waals surface area (Å²) >= 11 is 1.16. The Morgan fingerprint density at radius 1 is 1.29 bits per heavy atom. The first kappa shape index (κ1) is 10.1. The summed E-state index contributed by atoms with van der Waals surface area (Å²) < 4.78 is 6.33. The lowest BCUT2D eigenvalue weighted by Gasteiger charge is -2.11. The van der Waals surface area contributed by atoms with Gasteiger partial charge in [0, 0.05) is 12.4 Å². The lowest BCUT2D eigenvalue weighted by atomic mass is 10.5. The molecule has 0 atom stereocenters. The van der Waals surface area contributed by atoms with E-state index in [1.807, 2.05) is 12.1 Å². The molecule has 1 amide bonds. The van der Waals surface area contributed by atoms with Gasteiger partial charge in [-0.25, -0.2) is 9.53 Å². The van der Waals surface area contributed by atoms with Gasteiger partial charge in [0.05, 0.1) is 5.75 Å². The van der Waals surface area contributed by atoms with E-state index in [1.165, 1.54) is 4.90 Å². The van der Waals surface area contributed by atoms with Crippen molar-refractivity contribution in [2.24, 2.45) is 0 Å². The molecule has 0 aromatic carbocycles. The predicted octanol–water partition coefficient (Wildman–Crippen LogP) is 0.875. The highest BCUT2D eigenvalue weighted by molar-refractivity contribution is 8.15. The first-order valence-corrected chi connectivity index (χ1v) is 5.76. The second-order valence-electron chi connectivity index (χ2n) is 3.32. The van der Waals surface area contributed by atoms with Crippen LogP contribution in [0.1, 0.15) is 0 Å². The molecule has 3 heterocycles. The summed E-state index contributed by atoms with van der Waals surface area (Å²) in [5, 5.41) is 15.3. The molecule has 3 rings (SSSR count). The van der Waals surface area contributed by atoms with E-state index in [2.05, 4.69) is 14.9 Å². The monoisotopic (exact) mass is 249 g/mol. The van der Waals surface area contributed by atoms with Gasteiger partial charge in [0.2, 0.25) is 17.5 Å². The summed E-state index contributed by atoms with van der Waals surface area (Å²) in [5.41, 5.74) is 0. The van der Waals surface area contributed by atoms with Gasteiger partial charge in [-0.2, -0.15) is 0 Å². The number of anilines is 1. The molecule has 0 spiro atoms. The van der Waals surface area contributed by atoms with Crippen molar-refractivity contribution in [1.29, 1.82) is 5.41 Å². The summed E-state index contributed by atoms with van der Waals surface area (Å²) in [6.07, 6.45) is 3.53. The second kappa shape index (κ2) is 3.74. The Morgan fingerprint density at radius 2 is 2.00 bits per heavy atom. The zero-order chi connectivity index (χ0) is 11.8. The molecule has 1 fully saturated rings. The van der Waals surface area contributed by atoms with E-state index >= 15 is 0 Å². The molecule has 0 radical (unpaired) electrons. The molecule has 0 unspecified atom stereocenters. The summed E-state index contributed by atoms with van der Waals surface area (Å²) in [6.45, 7) is 0. The number of hydrogen-bond acceptors (Lipinski definition) is 6. The molecule has 2 aromatic rings. The molecular formula is C9H7N5O2S. The lowest BCUT2D eigenvalue weighted by Crippen LogP contribution is -2.29. The fourth-order valence-corrected chi connectivity index (χ4v) is 2.25. The number of nitrogens with zero attached hydrogens (tertiary/aromatic N) is 4. The number of nitrogens with one attached hydrogen (secondary N) is 1. The Bertz CT molecular complexity index is 560. The normalized spacial score (nSPS) is 15.9. The van der Waals surface area contributed by atoms with Crippen molar-refractivity contribution in [2.45, 2.75) is 0 Å². The fraction of sp³-hybridized carbons (Fsp3) is 0.111. The maximum absolute atomic E-state index is 11.7. The SMILES string of the molecule is N=C1SCC(=O)N1c1nonc1-n1cccc1. The van der Waals surface area contributed by atoms with E-state index in [4.69, 9.17) is 5.41 Å². The summed E-state index contributed by atoms with van der Waals surface area (Å²) in [5.74, 6) is 0.706. The molecule has 7 nitrogen and oxygen atoms in total. The quantitative estimate of drug-likeness (QED) is 0.853. The number of carbonyl (C=O) groups is 1. The first-order valence-electron chi connectivity index (χ1n) is 4.77. The Morgan fingerprint density at radius 3 is 2.65 bits per heavy atom. The van der Waals surface area contributed by atoms with Gasteiger partial charge in [-0.05, 0) is 22.4 Å². The third kappa shape index (κ3) is 1.53. The Balaban J connectivity index is 2.07. The number of hydrogen-bond donors (Lipinski definition) is 1. The molecule has 1 aliphatic rings. The number of carbonyl (C=O) groups excluding carboxylic acids is 1. The standard InChI is InChI=1S/C9H7N5O2S/c10-9-14(6(15)5-17-9)8-7(11-16-12-8)13-3-1-2-4-13/h1-4,10H,5H2. The van der Waals surface area contributed by atoms with Crippen LogP contribution in [0.4, 0.5) is 5.82 Å². The van der Waals surface area contributed by atoms with Crippen molar-refractivity contribution in [3.8, 4) is 5.82 Å². The molecule has 0 aliphatic carbocycles. The van der Waals surface area contributed by atoms with Crippen LogP contribution in [-0.4, -0.2) is 31.7 Å². The van der Waals surface area contributed by atoms with Gasteiger partial charge >= 0.3 is 0 Å². The summed E-state index contributed by atoms with van der Waals surface area (Å²) in [6, 6.07) is 3.65. The van der Waals surface area contributed by atoms with Gasteiger partial charge in [0.15, 0.2) is 5.17 Å². The average molecular weight is 249 g/mol. The number of aromatic nitrogens is 3. The van der Waals surface area contributed by atoms with Crippen LogP contribution in [0.3, 0.4) is 0 Å². The van der Waals surface area contributed by atoms with Gasteiger partial charge in [-0.1, -0.05) is 11.8 Å². The lowest BCUT2D eigenvalue weighted by molar-refractivity contribution is -0.115. The number of rotatable bonds is 2. The van der Waals surface area contributed by atoms with Crippen molar-refractivity contribution in [3.05, 3.63) is 24.5 Å². The molecule has 2 aromatic heterocycles. The fourth-order valence-electron chi connectivity index (χ4n) is 1.55. The molecule has 17 heavy (non-hydrogen) atoms. The van der Waals surface area contributed by atoms with Gasteiger partial charge in [0.25, 0.3) is 0 Å². The molecule has 86 valence electrons. The smallest absolute Gasteiger partial charge is 0.245 e. The highest BCUT2D eigenvalue weighted by Gasteiger charge is 2.33. The van der Waals surface area contributed by atoms with E-state index < -0.39 is 0 Å². The average Bonchev–Trinajstić information content (AvgIpc) is 2.98. The number of amidine groups is 1. The van der Waals surface area contributed by atoms with E-state index in [0.717, 1.165) is 11.8 Å². The first-order chi connectivity index (χ1) is 8.27. The topological polar surface area (TPSA) is 88.0 Å². The largest absolute Gasteiger partial charge is 0.303 e. The van der Waals surface area contributed by atoms with Gasteiger partial charge in [-0.15, -0.1) is 0 Å². The zero-order valence-electron chi connectivity index (χ0n) is 8.53. The van der Waals surface area contributed by atoms with Crippen LogP contribution >= 0.6 is 11.8 Å². The molecule has 0 saturated carbocycles. The van der Waals surface area contributed by atoms with Crippen molar-refractivity contribution in [1.82, 2.24) is 14.9 Å². The van der Waals surface area contributed by atoms with Crippen LogP contribution in [-0.2, 0) is 4.79 Å². The predicted molar refractivity (Wildman–Crippen MR) is 61.3 cm³/mol. The molecule has 0 bridgehead atoms. The van der Waals surface area contributed by atoms with Crippen molar-refractivity contribution in [3.63, 3.8) is 0 Å². The Hall–Kier alpha value is -2.09. The minimum absolute atomic E-state index is 0.138. The maximum atomic E-state index is 11.7. The molecule has 1 N–H and O–H groups in total. The highest BCUT2D eigenvalue weighted by Crippen LogP contribution is 2.28. The number of amides is 1. The van der Waals surface area contributed by atoms with Crippen LogP contribution in [0.25, 0.3) is 5.82 Å². The van der Waals surface area contributed by atoms with Crippen LogP contribution in [0, 0.1) is 5.41 Å². The van der Waals surface area contributed by atoms with Crippen LogP contribution in [0.2, 0.25) is 0 Å².